The van der Waals surface area contributed by atoms with Crippen molar-refractivity contribution in [3.63, 3.8) is 0 Å². The van der Waals surface area contributed by atoms with Crippen LogP contribution in [0.1, 0.15) is 16.7 Å². The third kappa shape index (κ3) is 8.14. The molecule has 41 heavy (non-hydrogen) atoms. The van der Waals surface area contributed by atoms with E-state index in [0.29, 0.717) is 16.9 Å². The largest absolute Gasteiger partial charge is 0.490 e. The van der Waals surface area contributed by atoms with E-state index in [4.69, 9.17) is 9.90 Å². The van der Waals surface area contributed by atoms with E-state index in [1.54, 1.807) is 17.5 Å². The standard InChI is InChI=1S/C26H21F3N4S.C2HF3O2/c27-26(28,29)20-6-7-21-22(14-20)33-25(32-21)24-9-8-23(34-24)19-5-1-3-18(13-19)16-31-12-10-17-4-2-11-30-15-17;3-2(4,5)1(6)7/h1-9,11,13-15,31H,10,12,16H2,(H,32,33);(H,6,7). The predicted molar refractivity (Wildman–Crippen MR) is 143 cm³/mol. The number of fused-ring (bicyclic) bond motifs is 1. The van der Waals surface area contributed by atoms with E-state index in [0.717, 1.165) is 47.0 Å². The number of hydrogen-bond donors (Lipinski definition) is 3. The van der Waals surface area contributed by atoms with Crippen LogP contribution in [0.3, 0.4) is 0 Å². The van der Waals surface area contributed by atoms with E-state index in [2.05, 4.69) is 44.5 Å². The molecule has 0 saturated carbocycles. The van der Waals surface area contributed by atoms with E-state index in [1.807, 2.05) is 30.5 Å². The summed E-state index contributed by atoms with van der Waals surface area (Å²) in [7, 11) is 0. The zero-order chi connectivity index (χ0) is 29.6. The number of nitrogens with one attached hydrogen (secondary N) is 2. The van der Waals surface area contributed by atoms with Gasteiger partial charge in [-0.3, -0.25) is 4.98 Å². The number of carbonyl (C=O) groups is 1. The number of H-pyrrole nitrogens is 1. The van der Waals surface area contributed by atoms with E-state index in [1.165, 1.54) is 17.2 Å². The molecule has 0 atom stereocenters. The van der Waals surface area contributed by atoms with E-state index >= 15 is 0 Å². The number of alkyl halides is 6. The Kier molecular flexibility index (Phi) is 9.08. The average Bonchev–Trinajstić information content (AvgIpc) is 3.58. The molecule has 2 aromatic carbocycles. The van der Waals surface area contributed by atoms with Gasteiger partial charge in [0.25, 0.3) is 0 Å². The van der Waals surface area contributed by atoms with Crippen molar-refractivity contribution in [3.8, 4) is 21.1 Å². The maximum Gasteiger partial charge on any atom is 0.490 e. The van der Waals surface area contributed by atoms with Crippen molar-refractivity contribution in [3.05, 3.63) is 95.8 Å². The van der Waals surface area contributed by atoms with Crippen LogP contribution in [-0.4, -0.2) is 38.7 Å². The summed E-state index contributed by atoms with van der Waals surface area (Å²) in [6, 6.07) is 19.9. The number of pyridine rings is 1. The Morgan fingerprint density at radius 3 is 2.34 bits per heavy atom. The molecule has 0 bridgehead atoms. The molecule has 0 fully saturated rings. The van der Waals surface area contributed by atoms with Gasteiger partial charge in [0, 0.05) is 23.8 Å². The third-order valence-corrected chi connectivity index (χ3v) is 6.89. The Hall–Kier alpha value is -4.23. The first-order valence-corrected chi connectivity index (χ1v) is 12.9. The lowest BCUT2D eigenvalue weighted by atomic mass is 10.1. The first-order valence-electron chi connectivity index (χ1n) is 12.1. The SMILES string of the molecule is FC(F)(F)c1ccc2nc(-c3ccc(-c4cccc(CNCCc5cccnc5)c4)s3)[nH]c2c1.O=C(O)C(F)(F)F. The Balaban J connectivity index is 0.000000493. The molecule has 0 saturated heterocycles. The summed E-state index contributed by atoms with van der Waals surface area (Å²) in [5, 5.41) is 10.6. The fraction of sp³-hybridized carbons (Fsp3) is 0.179. The minimum absolute atomic E-state index is 0.374. The Morgan fingerprint density at radius 2 is 1.66 bits per heavy atom. The lowest BCUT2D eigenvalue weighted by molar-refractivity contribution is -0.192. The summed E-state index contributed by atoms with van der Waals surface area (Å²) < 4.78 is 70.8. The molecule has 0 spiro atoms. The Labute approximate surface area is 233 Å². The molecule has 0 aliphatic carbocycles. The maximum absolute atomic E-state index is 13.0. The number of thiophene rings is 1. The van der Waals surface area contributed by atoms with Crippen molar-refractivity contribution in [1.82, 2.24) is 20.3 Å². The maximum atomic E-state index is 13.0. The smallest absolute Gasteiger partial charge is 0.475 e. The summed E-state index contributed by atoms with van der Waals surface area (Å²) in [5.74, 6) is -2.19. The van der Waals surface area contributed by atoms with Gasteiger partial charge in [0.1, 0.15) is 5.82 Å². The van der Waals surface area contributed by atoms with Gasteiger partial charge < -0.3 is 15.4 Å². The van der Waals surface area contributed by atoms with Gasteiger partial charge in [0.05, 0.1) is 21.5 Å². The minimum Gasteiger partial charge on any atom is -0.475 e. The van der Waals surface area contributed by atoms with Crippen molar-refractivity contribution < 1.29 is 36.2 Å². The van der Waals surface area contributed by atoms with E-state index < -0.39 is 23.9 Å². The number of carboxylic acid groups (broad SMARTS) is 1. The topological polar surface area (TPSA) is 90.9 Å². The number of nitrogens with zero attached hydrogens (tertiary/aromatic N) is 2. The lowest BCUT2D eigenvalue weighted by Gasteiger charge is -2.06. The summed E-state index contributed by atoms with van der Waals surface area (Å²) in [6.45, 7) is 1.62. The van der Waals surface area contributed by atoms with E-state index in [-0.39, 0.29) is 0 Å². The van der Waals surface area contributed by atoms with Crippen LogP contribution in [0.25, 0.3) is 32.2 Å². The fourth-order valence-corrected chi connectivity index (χ4v) is 4.72. The number of aromatic amines is 1. The van der Waals surface area contributed by atoms with Crippen LogP contribution in [0.4, 0.5) is 26.3 Å². The molecule has 0 amide bonds. The number of rotatable bonds is 7. The summed E-state index contributed by atoms with van der Waals surface area (Å²) in [5.41, 5.74) is 3.68. The second-order valence-corrected chi connectivity index (χ2v) is 9.85. The minimum atomic E-state index is -5.08. The Bertz CT molecular complexity index is 1610. The molecule has 5 aromatic rings. The number of aliphatic carboxylic acids is 1. The van der Waals surface area contributed by atoms with Gasteiger partial charge in [0.2, 0.25) is 0 Å². The van der Waals surface area contributed by atoms with Crippen molar-refractivity contribution in [1.29, 1.82) is 0 Å². The van der Waals surface area contributed by atoms with Gasteiger partial charge in [-0.2, -0.15) is 26.3 Å². The summed E-state index contributed by atoms with van der Waals surface area (Å²) >= 11 is 1.56. The average molecular weight is 593 g/mol. The highest BCUT2D eigenvalue weighted by Gasteiger charge is 2.38. The van der Waals surface area contributed by atoms with Crippen LogP contribution in [-0.2, 0) is 23.9 Å². The number of aromatic nitrogens is 3. The monoisotopic (exact) mass is 592 g/mol. The highest BCUT2D eigenvalue weighted by atomic mass is 32.1. The number of benzene rings is 2. The zero-order valence-corrected chi connectivity index (χ0v) is 21.9. The van der Waals surface area contributed by atoms with Crippen LogP contribution in [0.15, 0.2) is 79.1 Å². The highest BCUT2D eigenvalue weighted by molar-refractivity contribution is 7.18. The first kappa shape index (κ1) is 29.7. The number of halogens is 6. The van der Waals surface area contributed by atoms with Crippen molar-refractivity contribution in [2.75, 3.05) is 6.54 Å². The molecular weight excluding hydrogens is 570 g/mol. The van der Waals surface area contributed by atoms with Crippen LogP contribution in [0.5, 0.6) is 0 Å². The molecule has 214 valence electrons. The van der Waals surface area contributed by atoms with Gasteiger partial charge in [0.15, 0.2) is 0 Å². The molecule has 13 heteroatoms. The molecule has 0 aliphatic rings. The summed E-state index contributed by atoms with van der Waals surface area (Å²) in [4.78, 5) is 22.5. The van der Waals surface area contributed by atoms with Gasteiger partial charge >= 0.3 is 18.3 Å². The third-order valence-electron chi connectivity index (χ3n) is 5.74. The first-order chi connectivity index (χ1) is 19.4. The molecule has 6 nitrogen and oxygen atoms in total. The molecule has 5 rings (SSSR count). The Morgan fingerprint density at radius 1 is 0.927 bits per heavy atom. The molecule has 0 radical (unpaired) electrons. The quantitative estimate of drug-likeness (QED) is 0.136. The second kappa shape index (κ2) is 12.5. The van der Waals surface area contributed by atoms with Gasteiger partial charge in [-0.1, -0.05) is 24.3 Å². The van der Waals surface area contributed by atoms with Crippen LogP contribution >= 0.6 is 11.3 Å². The van der Waals surface area contributed by atoms with Crippen LogP contribution < -0.4 is 5.32 Å². The van der Waals surface area contributed by atoms with Gasteiger partial charge in [-0.15, -0.1) is 11.3 Å². The number of imidazole rings is 1. The molecular formula is C28H22F6N4O2S. The second-order valence-electron chi connectivity index (χ2n) is 8.77. The van der Waals surface area contributed by atoms with Crippen molar-refractivity contribution in [2.24, 2.45) is 0 Å². The number of carboxylic acids is 1. The van der Waals surface area contributed by atoms with Crippen molar-refractivity contribution in [2.45, 2.75) is 25.3 Å². The predicted octanol–water partition coefficient (Wildman–Crippen LogP) is 7.34. The molecule has 0 aliphatic heterocycles. The lowest BCUT2D eigenvalue weighted by Crippen LogP contribution is -2.21. The summed E-state index contributed by atoms with van der Waals surface area (Å²) in [6.07, 6.45) is -4.89. The highest BCUT2D eigenvalue weighted by Crippen LogP contribution is 2.36. The van der Waals surface area contributed by atoms with Crippen LogP contribution in [0, 0.1) is 0 Å². The number of hydrogen-bond acceptors (Lipinski definition) is 5. The molecule has 0 unspecified atom stereocenters. The zero-order valence-electron chi connectivity index (χ0n) is 21.1. The normalized spacial score (nSPS) is 11.8. The van der Waals surface area contributed by atoms with Crippen molar-refractivity contribution >= 4 is 28.3 Å². The van der Waals surface area contributed by atoms with E-state index in [9.17, 15) is 26.3 Å². The van der Waals surface area contributed by atoms with Crippen LogP contribution in [0.2, 0.25) is 0 Å². The molecule has 3 heterocycles. The van der Waals surface area contributed by atoms with Gasteiger partial charge in [-0.05, 0) is 72.1 Å². The molecule has 3 aromatic heterocycles. The van der Waals surface area contributed by atoms with Gasteiger partial charge in [-0.25, -0.2) is 9.78 Å². The molecule has 3 N–H and O–H groups in total. The fourth-order valence-electron chi connectivity index (χ4n) is 3.77.